The molecule has 0 aliphatic carbocycles. The predicted molar refractivity (Wildman–Crippen MR) is 83.8 cm³/mol. The molecule has 0 N–H and O–H groups in total. The number of ether oxygens (including phenoxy) is 2. The molecule has 0 aromatic heterocycles. The summed E-state index contributed by atoms with van der Waals surface area (Å²) in [5.41, 5.74) is -5.58. The van der Waals surface area contributed by atoms with E-state index in [0.29, 0.717) is 22.6 Å². The normalized spacial score (nSPS) is 20.9. The van der Waals surface area contributed by atoms with Crippen LogP contribution in [0.2, 0.25) is 0 Å². The molecule has 1 atom stereocenters. The summed E-state index contributed by atoms with van der Waals surface area (Å²) < 4.78 is 75.5. The Morgan fingerprint density at radius 1 is 1.08 bits per heavy atom. The molecule has 2 aliphatic heterocycles. The van der Waals surface area contributed by atoms with Crippen molar-refractivity contribution < 1.29 is 35.2 Å². The van der Waals surface area contributed by atoms with Crippen molar-refractivity contribution in [1.82, 2.24) is 0 Å². The third-order valence-corrected chi connectivity index (χ3v) is 5.06. The zero-order chi connectivity index (χ0) is 18.6. The van der Waals surface area contributed by atoms with Gasteiger partial charge in [-0.3, -0.25) is 0 Å². The third kappa shape index (κ3) is 2.40. The Balaban J connectivity index is 1.83. The molecule has 10 heteroatoms. The van der Waals surface area contributed by atoms with E-state index in [1.165, 1.54) is 18.5 Å². The molecule has 0 amide bonds. The van der Waals surface area contributed by atoms with Crippen LogP contribution in [0.4, 0.5) is 13.2 Å². The maximum atomic E-state index is 12.6. The standard InChI is InChI=1S/C16H10F3NO5S/c17-16(18,19)26(21,22)25-10-5-6-14-12(7-10)15(8-23-9-20-15)11-3-1-2-4-13(11)24-14/h1-7,9H,8H2. The summed E-state index contributed by atoms with van der Waals surface area (Å²) in [5, 5.41) is 0. The van der Waals surface area contributed by atoms with Gasteiger partial charge in [0.1, 0.15) is 23.9 Å². The number of aliphatic imine (C=N–C) groups is 1. The highest BCUT2D eigenvalue weighted by atomic mass is 32.2. The largest absolute Gasteiger partial charge is 0.534 e. The molecular weight excluding hydrogens is 375 g/mol. The first-order chi connectivity index (χ1) is 12.2. The van der Waals surface area contributed by atoms with Crippen molar-refractivity contribution in [3.05, 3.63) is 53.6 Å². The van der Waals surface area contributed by atoms with Gasteiger partial charge in [0, 0.05) is 11.1 Å². The zero-order valence-electron chi connectivity index (χ0n) is 12.9. The molecule has 2 heterocycles. The summed E-state index contributed by atoms with van der Waals surface area (Å²) in [6, 6.07) is 10.6. The SMILES string of the molecule is O=S(=O)(Oc1ccc2c(c1)C1(COC=N1)c1ccccc1O2)C(F)(F)F. The van der Waals surface area contributed by atoms with Gasteiger partial charge in [-0.1, -0.05) is 18.2 Å². The van der Waals surface area contributed by atoms with E-state index in [-0.39, 0.29) is 6.61 Å². The molecule has 4 rings (SSSR count). The van der Waals surface area contributed by atoms with E-state index in [0.717, 1.165) is 6.07 Å². The minimum atomic E-state index is -5.78. The highest BCUT2D eigenvalue weighted by Gasteiger charge is 2.49. The fraction of sp³-hybridized carbons (Fsp3) is 0.188. The van der Waals surface area contributed by atoms with E-state index in [9.17, 15) is 21.6 Å². The fourth-order valence-corrected chi connectivity index (χ4v) is 3.38. The Kier molecular flexibility index (Phi) is 3.45. The number of fused-ring (bicyclic) bond motifs is 4. The topological polar surface area (TPSA) is 74.2 Å². The van der Waals surface area contributed by atoms with Gasteiger partial charge in [0.05, 0.1) is 0 Å². The number of hydrogen-bond acceptors (Lipinski definition) is 6. The molecule has 2 aromatic carbocycles. The first-order valence-electron chi connectivity index (χ1n) is 7.31. The van der Waals surface area contributed by atoms with Crippen molar-refractivity contribution in [2.75, 3.05) is 6.61 Å². The summed E-state index contributed by atoms with van der Waals surface area (Å²) >= 11 is 0. The molecule has 0 saturated heterocycles. The van der Waals surface area contributed by atoms with Gasteiger partial charge in [0.25, 0.3) is 0 Å². The van der Waals surface area contributed by atoms with Crippen LogP contribution in [0, 0.1) is 0 Å². The second kappa shape index (κ2) is 5.37. The van der Waals surface area contributed by atoms with Crippen molar-refractivity contribution in [2.24, 2.45) is 4.99 Å². The number of alkyl halides is 3. The van der Waals surface area contributed by atoms with Crippen molar-refractivity contribution >= 4 is 16.5 Å². The summed E-state index contributed by atoms with van der Waals surface area (Å²) in [5.74, 6) is 0.355. The number of benzene rings is 2. The Labute approximate surface area is 146 Å². The van der Waals surface area contributed by atoms with Gasteiger partial charge in [0.15, 0.2) is 11.9 Å². The maximum Gasteiger partial charge on any atom is 0.534 e. The lowest BCUT2D eigenvalue weighted by Crippen LogP contribution is -2.31. The van der Waals surface area contributed by atoms with Crippen LogP contribution < -0.4 is 8.92 Å². The van der Waals surface area contributed by atoms with E-state index in [4.69, 9.17) is 9.47 Å². The third-order valence-electron chi connectivity index (χ3n) is 4.08. The predicted octanol–water partition coefficient (Wildman–Crippen LogP) is 3.32. The van der Waals surface area contributed by atoms with Gasteiger partial charge in [-0.05, 0) is 24.3 Å². The quantitative estimate of drug-likeness (QED) is 0.586. The van der Waals surface area contributed by atoms with E-state index in [1.807, 2.05) is 0 Å². The van der Waals surface area contributed by atoms with Crippen LogP contribution in [-0.2, 0) is 20.4 Å². The van der Waals surface area contributed by atoms with E-state index in [2.05, 4.69) is 9.18 Å². The van der Waals surface area contributed by atoms with E-state index < -0.39 is 26.9 Å². The average molecular weight is 385 g/mol. The maximum absolute atomic E-state index is 12.6. The first-order valence-corrected chi connectivity index (χ1v) is 8.72. The number of hydrogen-bond donors (Lipinski definition) is 0. The molecule has 2 aliphatic rings. The lowest BCUT2D eigenvalue weighted by Gasteiger charge is -2.33. The Hall–Kier alpha value is -2.75. The molecule has 1 unspecified atom stereocenters. The first kappa shape index (κ1) is 16.7. The molecule has 0 fully saturated rings. The van der Waals surface area contributed by atoms with Crippen molar-refractivity contribution in [1.29, 1.82) is 0 Å². The number of halogens is 3. The van der Waals surface area contributed by atoms with Crippen molar-refractivity contribution in [3.63, 3.8) is 0 Å². The lowest BCUT2D eigenvalue weighted by atomic mass is 9.81. The highest BCUT2D eigenvalue weighted by Crippen LogP contribution is 2.51. The van der Waals surface area contributed by atoms with Crippen LogP contribution in [0.15, 0.2) is 47.5 Å². The smallest absolute Gasteiger partial charge is 0.480 e. The molecule has 0 saturated carbocycles. The summed E-state index contributed by atoms with van der Waals surface area (Å²) in [6.07, 6.45) is 1.24. The van der Waals surface area contributed by atoms with Crippen LogP contribution in [0.5, 0.6) is 17.2 Å². The van der Waals surface area contributed by atoms with Crippen LogP contribution in [0.1, 0.15) is 11.1 Å². The van der Waals surface area contributed by atoms with Crippen LogP contribution in [0.3, 0.4) is 0 Å². The molecule has 1 spiro atoms. The molecule has 2 aromatic rings. The van der Waals surface area contributed by atoms with Gasteiger partial charge in [0.2, 0.25) is 0 Å². The van der Waals surface area contributed by atoms with Gasteiger partial charge >= 0.3 is 15.6 Å². The number of para-hydroxylation sites is 1. The molecule has 0 bridgehead atoms. The van der Waals surface area contributed by atoms with Gasteiger partial charge < -0.3 is 13.7 Å². The van der Waals surface area contributed by atoms with Crippen LogP contribution >= 0.6 is 0 Å². The molecule has 0 radical (unpaired) electrons. The Bertz CT molecular complexity index is 1020. The zero-order valence-corrected chi connectivity index (χ0v) is 13.7. The van der Waals surface area contributed by atoms with Crippen LogP contribution in [0.25, 0.3) is 0 Å². The summed E-state index contributed by atoms with van der Waals surface area (Å²) in [7, 11) is -5.78. The van der Waals surface area contributed by atoms with Gasteiger partial charge in [-0.2, -0.15) is 21.6 Å². The van der Waals surface area contributed by atoms with Crippen molar-refractivity contribution in [3.8, 4) is 17.2 Å². The fourth-order valence-electron chi connectivity index (χ4n) is 2.92. The van der Waals surface area contributed by atoms with Crippen molar-refractivity contribution in [2.45, 2.75) is 11.0 Å². The Morgan fingerprint density at radius 2 is 1.81 bits per heavy atom. The lowest BCUT2D eigenvalue weighted by molar-refractivity contribution is -0.0500. The number of rotatable bonds is 2. The van der Waals surface area contributed by atoms with Gasteiger partial charge in [-0.25, -0.2) is 4.99 Å². The molecular formula is C16H10F3NO5S. The van der Waals surface area contributed by atoms with Gasteiger partial charge in [-0.15, -0.1) is 0 Å². The summed E-state index contributed by atoms with van der Waals surface area (Å²) in [6.45, 7) is 0.0931. The number of nitrogens with zero attached hydrogens (tertiary/aromatic N) is 1. The average Bonchev–Trinajstić information content (AvgIpc) is 3.05. The summed E-state index contributed by atoms with van der Waals surface area (Å²) in [4.78, 5) is 4.34. The molecule has 6 nitrogen and oxygen atoms in total. The van der Waals surface area contributed by atoms with E-state index >= 15 is 0 Å². The second-order valence-electron chi connectivity index (χ2n) is 5.65. The minimum Gasteiger partial charge on any atom is -0.480 e. The minimum absolute atomic E-state index is 0.0931. The second-order valence-corrected chi connectivity index (χ2v) is 7.18. The molecule has 136 valence electrons. The highest BCUT2D eigenvalue weighted by molar-refractivity contribution is 7.88. The molecule has 26 heavy (non-hydrogen) atoms. The Morgan fingerprint density at radius 3 is 2.50 bits per heavy atom. The monoisotopic (exact) mass is 385 g/mol. The van der Waals surface area contributed by atoms with Crippen LogP contribution in [-0.4, -0.2) is 26.9 Å². The van der Waals surface area contributed by atoms with E-state index in [1.54, 1.807) is 24.3 Å².